The number of benzene rings is 1. The lowest BCUT2D eigenvalue weighted by Crippen LogP contribution is -2.48. The van der Waals surface area contributed by atoms with Crippen molar-refractivity contribution in [2.75, 3.05) is 11.4 Å². The maximum absolute atomic E-state index is 12.3. The highest BCUT2D eigenvalue weighted by atomic mass is 16.4. The van der Waals surface area contributed by atoms with Gasteiger partial charge in [0.25, 0.3) is 0 Å². The molecule has 0 spiro atoms. The van der Waals surface area contributed by atoms with E-state index in [-0.39, 0.29) is 12.3 Å². The van der Waals surface area contributed by atoms with E-state index in [4.69, 9.17) is 0 Å². The number of aryl methyl sites for hydroxylation is 1. The number of carbonyl (C=O) groups is 2. The van der Waals surface area contributed by atoms with Gasteiger partial charge in [0.15, 0.2) is 0 Å². The Morgan fingerprint density at radius 1 is 1.12 bits per heavy atom. The number of aliphatic carboxylic acids is 1. The molecule has 1 aromatic carbocycles. The fraction of sp³-hybridized carbons (Fsp3) is 0.636. The molecule has 6 rings (SSSR count). The molecule has 1 atom stereocenters. The third kappa shape index (κ3) is 2.41. The van der Waals surface area contributed by atoms with Crippen LogP contribution in [0.1, 0.15) is 56.1 Å². The summed E-state index contributed by atoms with van der Waals surface area (Å²) in [6.45, 7) is 2.37. The maximum Gasteiger partial charge on any atom is 0.308 e. The number of hydrogen-bond acceptors (Lipinski definition) is 2. The molecule has 1 heterocycles. The zero-order chi connectivity index (χ0) is 18.1. The van der Waals surface area contributed by atoms with Crippen molar-refractivity contribution in [3.63, 3.8) is 0 Å². The van der Waals surface area contributed by atoms with Gasteiger partial charge in [-0.2, -0.15) is 0 Å². The zero-order valence-electron chi connectivity index (χ0n) is 15.4. The molecule has 1 unspecified atom stereocenters. The molecule has 4 nitrogen and oxygen atoms in total. The van der Waals surface area contributed by atoms with Gasteiger partial charge in [-0.15, -0.1) is 0 Å². The monoisotopic (exact) mass is 353 g/mol. The minimum atomic E-state index is -0.872. The molecule has 1 amide bonds. The van der Waals surface area contributed by atoms with Crippen molar-refractivity contribution in [2.24, 2.45) is 23.7 Å². The van der Waals surface area contributed by atoms with Crippen LogP contribution in [0.2, 0.25) is 0 Å². The van der Waals surface area contributed by atoms with Gasteiger partial charge in [-0.1, -0.05) is 12.1 Å². The summed E-state index contributed by atoms with van der Waals surface area (Å²) in [5.74, 6) is 1.23. The van der Waals surface area contributed by atoms with E-state index in [2.05, 4.69) is 25.1 Å². The molecule has 5 fully saturated rings. The lowest BCUT2D eigenvalue weighted by Gasteiger charge is -2.57. The van der Waals surface area contributed by atoms with E-state index < -0.39 is 11.9 Å². The molecule has 4 aliphatic carbocycles. The predicted molar refractivity (Wildman–Crippen MR) is 99.1 cm³/mol. The third-order valence-electron chi connectivity index (χ3n) is 7.61. The lowest BCUT2D eigenvalue weighted by atomic mass is 9.48. The summed E-state index contributed by atoms with van der Waals surface area (Å²) in [4.78, 5) is 25.2. The zero-order valence-corrected chi connectivity index (χ0v) is 15.4. The van der Waals surface area contributed by atoms with Gasteiger partial charge >= 0.3 is 5.97 Å². The van der Waals surface area contributed by atoms with Crippen molar-refractivity contribution in [1.82, 2.24) is 0 Å². The molecule has 4 heteroatoms. The Balaban J connectivity index is 1.44. The Morgan fingerprint density at radius 2 is 1.73 bits per heavy atom. The molecule has 1 aliphatic heterocycles. The van der Waals surface area contributed by atoms with Crippen molar-refractivity contribution >= 4 is 17.6 Å². The number of carboxylic acid groups (broad SMARTS) is 1. The van der Waals surface area contributed by atoms with Crippen molar-refractivity contribution in [2.45, 2.75) is 57.3 Å². The normalized spacial score (nSPS) is 38.2. The molecule has 1 N–H and O–H groups in total. The van der Waals surface area contributed by atoms with E-state index in [9.17, 15) is 14.7 Å². The summed E-state index contributed by atoms with van der Waals surface area (Å²) in [6.07, 6.45) is 8.44. The van der Waals surface area contributed by atoms with Gasteiger partial charge in [0.1, 0.15) is 0 Å². The van der Waals surface area contributed by atoms with Crippen LogP contribution in [0.15, 0.2) is 18.2 Å². The van der Waals surface area contributed by atoms with Crippen LogP contribution in [0, 0.1) is 30.6 Å². The van der Waals surface area contributed by atoms with Crippen LogP contribution in [-0.2, 0) is 15.0 Å². The molecule has 26 heavy (non-hydrogen) atoms. The first kappa shape index (κ1) is 16.3. The first-order valence-electron chi connectivity index (χ1n) is 10.1. The topological polar surface area (TPSA) is 57.6 Å². The van der Waals surface area contributed by atoms with Crippen molar-refractivity contribution in [3.8, 4) is 0 Å². The van der Waals surface area contributed by atoms with Crippen molar-refractivity contribution in [1.29, 1.82) is 0 Å². The second kappa shape index (κ2) is 5.58. The molecular weight excluding hydrogens is 326 g/mol. The summed E-state index contributed by atoms with van der Waals surface area (Å²) in [6, 6.07) is 6.60. The Kier molecular flexibility index (Phi) is 3.51. The Hall–Kier alpha value is -1.84. The molecule has 0 radical (unpaired) electrons. The number of carbonyl (C=O) groups excluding carboxylic acids is 1. The first-order valence-corrected chi connectivity index (χ1v) is 10.1. The van der Waals surface area contributed by atoms with Gasteiger partial charge in [0.05, 0.1) is 5.92 Å². The van der Waals surface area contributed by atoms with Gasteiger partial charge in [-0.25, -0.2) is 0 Å². The summed E-state index contributed by atoms with van der Waals surface area (Å²) in [7, 11) is 0. The van der Waals surface area contributed by atoms with Crippen LogP contribution >= 0.6 is 0 Å². The predicted octanol–water partition coefficient (Wildman–Crippen LogP) is 3.90. The quantitative estimate of drug-likeness (QED) is 0.896. The molecular formula is C22H27NO3. The van der Waals surface area contributed by atoms with Crippen molar-refractivity contribution in [3.05, 3.63) is 29.3 Å². The highest BCUT2D eigenvalue weighted by Gasteiger charge is 2.51. The Bertz CT molecular complexity index is 748. The van der Waals surface area contributed by atoms with E-state index in [0.717, 1.165) is 29.0 Å². The highest BCUT2D eigenvalue weighted by molar-refractivity contribution is 5.99. The Labute approximate surface area is 154 Å². The largest absolute Gasteiger partial charge is 0.481 e. The van der Waals surface area contributed by atoms with E-state index in [1.165, 1.54) is 44.1 Å². The Morgan fingerprint density at radius 3 is 2.23 bits per heavy atom. The van der Waals surface area contributed by atoms with Crippen LogP contribution < -0.4 is 4.90 Å². The third-order valence-corrected chi connectivity index (χ3v) is 7.61. The van der Waals surface area contributed by atoms with Crippen LogP contribution in [0.4, 0.5) is 5.69 Å². The summed E-state index contributed by atoms with van der Waals surface area (Å²) in [5.41, 5.74) is 3.82. The number of nitrogens with zero attached hydrogens (tertiary/aromatic N) is 1. The molecule has 0 aromatic heterocycles. The number of carboxylic acids is 1. The van der Waals surface area contributed by atoms with Crippen LogP contribution in [0.3, 0.4) is 0 Å². The minimum absolute atomic E-state index is 0.0666. The molecule has 5 aliphatic rings. The number of hydrogen-bond donors (Lipinski definition) is 1. The van der Waals surface area contributed by atoms with Gasteiger partial charge in [0, 0.05) is 18.7 Å². The minimum Gasteiger partial charge on any atom is -0.481 e. The van der Waals surface area contributed by atoms with Crippen LogP contribution in [0.25, 0.3) is 0 Å². The van der Waals surface area contributed by atoms with E-state index in [0.29, 0.717) is 12.0 Å². The summed E-state index contributed by atoms with van der Waals surface area (Å²) < 4.78 is 0. The maximum atomic E-state index is 12.3. The second-order valence-electron chi connectivity index (χ2n) is 9.44. The second-order valence-corrected chi connectivity index (χ2v) is 9.44. The first-order chi connectivity index (χ1) is 12.4. The molecule has 138 valence electrons. The van der Waals surface area contributed by atoms with Gasteiger partial charge in [0.2, 0.25) is 5.91 Å². The fourth-order valence-electron chi connectivity index (χ4n) is 6.86. The van der Waals surface area contributed by atoms with E-state index in [1.54, 1.807) is 4.90 Å². The molecule has 1 saturated heterocycles. The average molecular weight is 353 g/mol. The summed E-state index contributed by atoms with van der Waals surface area (Å²) in [5, 5.41) is 9.23. The van der Waals surface area contributed by atoms with Crippen molar-refractivity contribution < 1.29 is 14.7 Å². The standard InChI is InChI=1S/C22H27NO3/c1-13-4-18(22-9-14-5-15(10-22)7-16(6-14)11-22)2-3-19(13)23-12-17(21(25)26)8-20(23)24/h2-4,14-17H,5-12H2,1H3,(H,25,26). The lowest BCUT2D eigenvalue weighted by molar-refractivity contribution is -0.141. The highest BCUT2D eigenvalue weighted by Crippen LogP contribution is 2.60. The smallest absolute Gasteiger partial charge is 0.308 e. The molecule has 4 bridgehead atoms. The molecule has 4 saturated carbocycles. The number of anilines is 1. The van der Waals surface area contributed by atoms with Crippen LogP contribution in [-0.4, -0.2) is 23.5 Å². The number of amides is 1. The SMILES string of the molecule is Cc1cc(C23CC4CC(CC(C4)C2)C3)ccc1N1CC(C(=O)O)CC1=O. The van der Waals surface area contributed by atoms with E-state index in [1.807, 2.05) is 0 Å². The average Bonchev–Trinajstić information content (AvgIpc) is 2.95. The number of rotatable bonds is 3. The van der Waals surface area contributed by atoms with Gasteiger partial charge in [-0.05, 0) is 85.8 Å². The molecule has 1 aromatic rings. The van der Waals surface area contributed by atoms with Crippen LogP contribution in [0.5, 0.6) is 0 Å². The van der Waals surface area contributed by atoms with E-state index >= 15 is 0 Å². The van der Waals surface area contributed by atoms with Gasteiger partial charge in [-0.3, -0.25) is 9.59 Å². The summed E-state index contributed by atoms with van der Waals surface area (Å²) >= 11 is 0. The van der Waals surface area contributed by atoms with Gasteiger partial charge < -0.3 is 10.0 Å². The fourth-order valence-corrected chi connectivity index (χ4v) is 6.86.